The Hall–Kier alpha value is -3.33. The van der Waals surface area contributed by atoms with E-state index in [-0.39, 0.29) is 41.5 Å². The Morgan fingerprint density at radius 2 is 1.97 bits per heavy atom. The molecule has 0 bridgehead atoms. The van der Waals surface area contributed by atoms with Crippen LogP contribution >= 0.6 is 11.6 Å². The summed E-state index contributed by atoms with van der Waals surface area (Å²) in [5.41, 5.74) is 1.18. The molecular formula is C20H20ClN3O6. The Balaban J connectivity index is 1.87. The maximum atomic E-state index is 12.8. The van der Waals surface area contributed by atoms with Gasteiger partial charge in [0.1, 0.15) is 23.6 Å². The first-order valence-corrected chi connectivity index (χ1v) is 9.57. The summed E-state index contributed by atoms with van der Waals surface area (Å²) in [7, 11) is 0. The van der Waals surface area contributed by atoms with Crippen LogP contribution in [0, 0.1) is 6.92 Å². The first-order chi connectivity index (χ1) is 14.3. The maximum Gasteiger partial charge on any atom is 0.344 e. The molecule has 0 saturated heterocycles. The minimum atomic E-state index is -0.736. The highest BCUT2D eigenvalue weighted by Crippen LogP contribution is 2.31. The van der Waals surface area contributed by atoms with Crippen LogP contribution in [0.5, 0.6) is 0 Å². The number of urea groups is 1. The van der Waals surface area contributed by atoms with Crippen molar-refractivity contribution >= 4 is 29.6 Å². The molecule has 0 saturated carbocycles. The summed E-state index contributed by atoms with van der Waals surface area (Å²) in [6.07, 6.45) is 0. The number of aryl methyl sites for hydroxylation is 1. The molecule has 1 aliphatic heterocycles. The highest BCUT2D eigenvalue weighted by molar-refractivity contribution is 6.33. The molecule has 0 fully saturated rings. The molecule has 0 unspecified atom stereocenters. The van der Waals surface area contributed by atoms with Gasteiger partial charge in [0.2, 0.25) is 0 Å². The van der Waals surface area contributed by atoms with Crippen LogP contribution in [0.1, 0.15) is 30.0 Å². The largest absolute Gasteiger partial charge is 0.463 e. The quantitative estimate of drug-likeness (QED) is 0.672. The van der Waals surface area contributed by atoms with E-state index in [1.807, 2.05) is 0 Å². The SMILES string of the molecule is CCOC(=O)C1=C(COC(=O)c2c(-c3ccccc3Cl)noc2C)NC(=O)N[C@@H]1C. The van der Waals surface area contributed by atoms with Gasteiger partial charge in [-0.05, 0) is 26.8 Å². The Morgan fingerprint density at radius 3 is 2.67 bits per heavy atom. The predicted molar refractivity (Wildman–Crippen MR) is 107 cm³/mol. The second-order valence-corrected chi connectivity index (χ2v) is 6.86. The number of aromatic nitrogens is 1. The van der Waals surface area contributed by atoms with Gasteiger partial charge in [-0.3, -0.25) is 0 Å². The molecule has 0 aliphatic carbocycles. The van der Waals surface area contributed by atoms with Gasteiger partial charge < -0.3 is 24.6 Å². The monoisotopic (exact) mass is 433 g/mol. The Bertz CT molecular complexity index is 1030. The lowest BCUT2D eigenvalue weighted by molar-refractivity contribution is -0.139. The molecule has 30 heavy (non-hydrogen) atoms. The second-order valence-electron chi connectivity index (χ2n) is 6.45. The molecule has 2 amide bonds. The zero-order valence-corrected chi connectivity index (χ0v) is 17.3. The first kappa shape index (κ1) is 21.4. The van der Waals surface area contributed by atoms with E-state index in [2.05, 4.69) is 15.8 Å². The molecule has 1 atom stereocenters. The number of amides is 2. The van der Waals surface area contributed by atoms with Gasteiger partial charge in [0.05, 0.1) is 28.9 Å². The molecular weight excluding hydrogens is 414 g/mol. The lowest BCUT2D eigenvalue weighted by atomic mass is 10.0. The smallest absolute Gasteiger partial charge is 0.344 e. The first-order valence-electron chi connectivity index (χ1n) is 9.19. The van der Waals surface area contributed by atoms with Crippen molar-refractivity contribution in [1.29, 1.82) is 0 Å². The summed E-state index contributed by atoms with van der Waals surface area (Å²) in [6.45, 7) is 4.69. The third-order valence-electron chi connectivity index (χ3n) is 4.41. The van der Waals surface area contributed by atoms with Crippen molar-refractivity contribution in [2.24, 2.45) is 0 Å². The second kappa shape index (κ2) is 9.00. The number of nitrogens with one attached hydrogen (secondary N) is 2. The molecule has 3 rings (SSSR count). The van der Waals surface area contributed by atoms with E-state index in [9.17, 15) is 14.4 Å². The van der Waals surface area contributed by atoms with Gasteiger partial charge >= 0.3 is 18.0 Å². The molecule has 2 aromatic rings. The number of halogens is 1. The third kappa shape index (κ3) is 4.30. The molecule has 2 heterocycles. The van der Waals surface area contributed by atoms with Crippen molar-refractivity contribution in [2.45, 2.75) is 26.8 Å². The van der Waals surface area contributed by atoms with Gasteiger partial charge in [0.25, 0.3) is 0 Å². The molecule has 10 heteroatoms. The molecule has 2 N–H and O–H groups in total. The van der Waals surface area contributed by atoms with E-state index in [1.54, 1.807) is 45.0 Å². The van der Waals surface area contributed by atoms with Crippen LogP contribution in [0.15, 0.2) is 40.1 Å². The lowest BCUT2D eigenvalue weighted by Crippen LogP contribution is -2.50. The van der Waals surface area contributed by atoms with Gasteiger partial charge in [-0.2, -0.15) is 0 Å². The summed E-state index contributed by atoms with van der Waals surface area (Å²) in [6, 6.07) is 5.75. The number of hydrogen-bond acceptors (Lipinski definition) is 7. The number of benzene rings is 1. The highest BCUT2D eigenvalue weighted by Gasteiger charge is 2.31. The number of carbonyl (C=O) groups excluding carboxylic acids is 3. The number of carbonyl (C=O) groups is 3. The molecule has 9 nitrogen and oxygen atoms in total. The van der Waals surface area contributed by atoms with Crippen LogP contribution in [-0.4, -0.2) is 42.4 Å². The van der Waals surface area contributed by atoms with E-state index < -0.39 is 24.0 Å². The van der Waals surface area contributed by atoms with Crippen LogP contribution < -0.4 is 10.6 Å². The van der Waals surface area contributed by atoms with Crippen molar-refractivity contribution in [3.05, 3.63) is 51.9 Å². The minimum Gasteiger partial charge on any atom is -0.463 e. The van der Waals surface area contributed by atoms with Crippen molar-refractivity contribution in [3.8, 4) is 11.3 Å². The summed E-state index contributed by atoms with van der Waals surface area (Å²) >= 11 is 6.21. The number of hydrogen-bond donors (Lipinski definition) is 2. The van der Waals surface area contributed by atoms with Crippen LogP contribution in [0.25, 0.3) is 11.3 Å². The van der Waals surface area contributed by atoms with E-state index in [4.69, 9.17) is 25.6 Å². The molecule has 1 aromatic carbocycles. The van der Waals surface area contributed by atoms with Crippen molar-refractivity contribution in [2.75, 3.05) is 13.2 Å². The molecule has 158 valence electrons. The zero-order valence-electron chi connectivity index (χ0n) is 16.6. The van der Waals surface area contributed by atoms with Crippen molar-refractivity contribution < 1.29 is 28.4 Å². The average Bonchev–Trinajstić information content (AvgIpc) is 3.07. The van der Waals surface area contributed by atoms with Gasteiger partial charge in [-0.15, -0.1) is 0 Å². The van der Waals surface area contributed by atoms with Gasteiger partial charge in [0.15, 0.2) is 0 Å². The van der Waals surface area contributed by atoms with E-state index in [0.29, 0.717) is 10.6 Å². The number of ether oxygens (including phenoxy) is 2. The molecule has 0 spiro atoms. The van der Waals surface area contributed by atoms with Crippen LogP contribution in [-0.2, 0) is 14.3 Å². The Morgan fingerprint density at radius 1 is 1.23 bits per heavy atom. The van der Waals surface area contributed by atoms with Gasteiger partial charge in [-0.1, -0.05) is 35.0 Å². The van der Waals surface area contributed by atoms with Crippen molar-refractivity contribution in [1.82, 2.24) is 15.8 Å². The van der Waals surface area contributed by atoms with Crippen molar-refractivity contribution in [3.63, 3.8) is 0 Å². The van der Waals surface area contributed by atoms with Crippen LogP contribution in [0.3, 0.4) is 0 Å². The Kier molecular flexibility index (Phi) is 6.41. The summed E-state index contributed by atoms with van der Waals surface area (Å²) in [5.74, 6) is -1.10. The standard InChI is InChI=1S/C20H20ClN3O6/c1-4-28-18(25)15-10(2)22-20(27)23-14(15)9-29-19(26)16-11(3)30-24-17(16)12-7-5-6-8-13(12)21/h5-8,10H,4,9H2,1-3H3,(H2,22,23,27)/t10-/m1/s1. The Labute approximate surface area is 177 Å². The molecule has 0 radical (unpaired) electrons. The molecule has 1 aliphatic rings. The third-order valence-corrected chi connectivity index (χ3v) is 4.74. The number of rotatable bonds is 6. The lowest BCUT2D eigenvalue weighted by Gasteiger charge is -2.26. The van der Waals surface area contributed by atoms with Gasteiger partial charge in [-0.25, -0.2) is 14.4 Å². The minimum absolute atomic E-state index is 0.106. The predicted octanol–water partition coefficient (Wildman–Crippen LogP) is 2.98. The number of nitrogens with zero attached hydrogens (tertiary/aromatic N) is 1. The average molecular weight is 434 g/mol. The fourth-order valence-corrected chi connectivity index (χ4v) is 3.28. The maximum absolute atomic E-state index is 12.8. The normalized spacial score (nSPS) is 16.0. The fraction of sp³-hybridized carbons (Fsp3) is 0.300. The number of esters is 2. The topological polar surface area (TPSA) is 120 Å². The fourth-order valence-electron chi connectivity index (χ4n) is 3.05. The molecule has 1 aromatic heterocycles. The van der Waals surface area contributed by atoms with Gasteiger partial charge in [0, 0.05) is 5.56 Å². The summed E-state index contributed by atoms with van der Waals surface area (Å²) in [4.78, 5) is 36.9. The highest BCUT2D eigenvalue weighted by atomic mass is 35.5. The van der Waals surface area contributed by atoms with Crippen LogP contribution in [0.2, 0.25) is 5.02 Å². The van der Waals surface area contributed by atoms with E-state index in [1.165, 1.54) is 0 Å². The van der Waals surface area contributed by atoms with E-state index in [0.717, 1.165) is 0 Å². The van der Waals surface area contributed by atoms with Crippen LogP contribution in [0.4, 0.5) is 4.79 Å². The van der Waals surface area contributed by atoms with E-state index >= 15 is 0 Å². The summed E-state index contributed by atoms with van der Waals surface area (Å²) in [5, 5.41) is 9.39. The summed E-state index contributed by atoms with van der Waals surface area (Å²) < 4.78 is 15.6. The zero-order chi connectivity index (χ0) is 21.8.